The predicted molar refractivity (Wildman–Crippen MR) is 29.0 cm³/mol. The molecule has 0 heterocycles. The Hall–Kier alpha value is -0.170. The van der Waals surface area contributed by atoms with Crippen LogP contribution in [0.2, 0.25) is 0 Å². The lowest BCUT2D eigenvalue weighted by molar-refractivity contribution is 1.04. The average Bonchev–Trinajstić information content (AvgIpc) is 2.12. The van der Waals surface area contributed by atoms with Crippen molar-refractivity contribution in [2.24, 2.45) is 0 Å². The molecular formula is C4H8ClN. The minimum atomic E-state index is 0. The van der Waals surface area contributed by atoms with Gasteiger partial charge in [-0.1, -0.05) is 6.08 Å². The van der Waals surface area contributed by atoms with Crippen molar-refractivity contribution in [3.8, 4) is 0 Å². The molecule has 1 aliphatic carbocycles. The first kappa shape index (κ1) is 5.83. The van der Waals surface area contributed by atoms with Gasteiger partial charge < -0.3 is 5.32 Å². The van der Waals surface area contributed by atoms with Crippen LogP contribution in [0.4, 0.5) is 0 Å². The van der Waals surface area contributed by atoms with Crippen molar-refractivity contribution in [3.05, 3.63) is 11.8 Å². The van der Waals surface area contributed by atoms with E-state index in [4.69, 9.17) is 0 Å². The smallest absolute Gasteiger partial charge is 0.0106 e. The summed E-state index contributed by atoms with van der Waals surface area (Å²) in [4.78, 5) is 0. The van der Waals surface area contributed by atoms with E-state index in [9.17, 15) is 0 Å². The van der Waals surface area contributed by atoms with E-state index in [0.717, 1.165) is 0 Å². The van der Waals surface area contributed by atoms with Gasteiger partial charge in [0.25, 0.3) is 0 Å². The highest BCUT2D eigenvalue weighted by Gasteiger charge is 1.99. The van der Waals surface area contributed by atoms with Gasteiger partial charge in [-0.3, -0.25) is 0 Å². The summed E-state index contributed by atoms with van der Waals surface area (Å²) in [5.41, 5.74) is 1.38. The maximum atomic E-state index is 3.00. The number of hydrogen-bond donors (Lipinski definition) is 1. The van der Waals surface area contributed by atoms with Gasteiger partial charge in [0, 0.05) is 19.2 Å². The third-order valence-electron chi connectivity index (χ3n) is 0.729. The van der Waals surface area contributed by atoms with Crippen molar-refractivity contribution in [3.63, 3.8) is 0 Å². The largest absolute Gasteiger partial charge is 0.391 e. The normalized spacial score (nSPS) is 14.5. The van der Waals surface area contributed by atoms with Gasteiger partial charge >= 0.3 is 0 Å². The molecule has 0 fully saturated rings. The Kier molecular flexibility index (Phi) is 2.03. The molecule has 1 N–H and O–H groups in total. The number of halogens is 1. The second-order valence-electron chi connectivity index (χ2n) is 1.18. The summed E-state index contributed by atoms with van der Waals surface area (Å²) >= 11 is 0. The average molecular weight is 106 g/mol. The fraction of sp³-hybridized carbons (Fsp3) is 0.500. The highest BCUT2D eigenvalue weighted by Crippen LogP contribution is 2.11. The minimum absolute atomic E-state index is 0. The molecule has 0 aromatic heterocycles. The monoisotopic (exact) mass is 105 g/mol. The topological polar surface area (TPSA) is 12.0 Å². The van der Waals surface area contributed by atoms with Crippen LogP contribution >= 0.6 is 12.4 Å². The maximum Gasteiger partial charge on any atom is 0.0106 e. The van der Waals surface area contributed by atoms with E-state index < -0.39 is 0 Å². The minimum Gasteiger partial charge on any atom is -0.391 e. The first-order chi connectivity index (χ1) is 2.43. The lowest BCUT2D eigenvalue weighted by Crippen LogP contribution is -1.93. The summed E-state index contributed by atoms with van der Waals surface area (Å²) in [6.45, 7) is 0. The van der Waals surface area contributed by atoms with Gasteiger partial charge in [0.15, 0.2) is 0 Å². The lowest BCUT2D eigenvalue weighted by Gasteiger charge is -1.78. The summed E-state index contributed by atoms with van der Waals surface area (Å²) in [7, 11) is 1.94. The number of allylic oxidation sites excluding steroid dienone is 2. The Morgan fingerprint density at radius 3 is 2.33 bits per heavy atom. The molecule has 0 saturated heterocycles. The van der Waals surface area contributed by atoms with Crippen LogP contribution in [-0.4, -0.2) is 7.05 Å². The molecule has 1 rings (SSSR count). The van der Waals surface area contributed by atoms with Crippen molar-refractivity contribution in [2.45, 2.75) is 6.42 Å². The molecule has 1 nitrogen and oxygen atoms in total. The molecule has 0 radical (unpaired) electrons. The van der Waals surface area contributed by atoms with E-state index >= 15 is 0 Å². The molecule has 6 heavy (non-hydrogen) atoms. The molecule has 0 atom stereocenters. The fourth-order valence-corrected chi connectivity index (χ4v) is 0.255. The van der Waals surface area contributed by atoms with E-state index in [1.807, 2.05) is 7.05 Å². The van der Waals surface area contributed by atoms with Crippen LogP contribution < -0.4 is 5.32 Å². The summed E-state index contributed by atoms with van der Waals surface area (Å²) < 4.78 is 0. The molecule has 2 heteroatoms. The van der Waals surface area contributed by atoms with Crippen molar-refractivity contribution in [1.29, 1.82) is 0 Å². The quantitative estimate of drug-likeness (QED) is 0.523. The van der Waals surface area contributed by atoms with E-state index in [2.05, 4.69) is 11.4 Å². The van der Waals surface area contributed by atoms with Gasteiger partial charge in [-0.05, 0) is 0 Å². The predicted octanol–water partition coefficient (Wildman–Crippen LogP) is 0.915. The summed E-state index contributed by atoms with van der Waals surface area (Å²) in [6.07, 6.45) is 3.34. The molecule has 0 amide bonds. The molecule has 0 bridgehead atoms. The summed E-state index contributed by atoms with van der Waals surface area (Å²) in [6, 6.07) is 0. The zero-order valence-corrected chi connectivity index (χ0v) is 4.51. The van der Waals surface area contributed by atoms with Crippen LogP contribution in [-0.2, 0) is 0 Å². The zero-order chi connectivity index (χ0) is 3.70. The van der Waals surface area contributed by atoms with Crippen molar-refractivity contribution in [2.75, 3.05) is 7.05 Å². The van der Waals surface area contributed by atoms with Crippen molar-refractivity contribution in [1.82, 2.24) is 5.32 Å². The summed E-state index contributed by atoms with van der Waals surface area (Å²) in [5.74, 6) is 0. The molecule has 0 unspecified atom stereocenters. The maximum absolute atomic E-state index is 3.00. The van der Waals surface area contributed by atoms with Gasteiger partial charge in [0.2, 0.25) is 0 Å². The Morgan fingerprint density at radius 2 is 2.33 bits per heavy atom. The second-order valence-corrected chi connectivity index (χ2v) is 1.18. The van der Waals surface area contributed by atoms with E-state index in [-0.39, 0.29) is 12.4 Å². The molecule has 1 aliphatic rings. The standard InChI is InChI=1S/C4H7N.ClH/c1-5-4-2-3-4;/h2,5H,3H2,1H3;1H. The van der Waals surface area contributed by atoms with Crippen LogP contribution in [0.5, 0.6) is 0 Å². The van der Waals surface area contributed by atoms with Crippen LogP contribution in [0.1, 0.15) is 6.42 Å². The number of nitrogens with one attached hydrogen (secondary N) is 1. The SMILES string of the molecule is CNC1=CC1.Cl. The zero-order valence-electron chi connectivity index (χ0n) is 3.69. The highest BCUT2D eigenvalue weighted by atomic mass is 35.5. The van der Waals surface area contributed by atoms with Gasteiger partial charge in [0.1, 0.15) is 0 Å². The highest BCUT2D eigenvalue weighted by molar-refractivity contribution is 5.85. The number of hydrogen-bond acceptors (Lipinski definition) is 1. The molecule has 0 aromatic rings. The molecule has 0 saturated carbocycles. The fourth-order valence-electron chi connectivity index (χ4n) is 0.255. The van der Waals surface area contributed by atoms with Crippen molar-refractivity contribution < 1.29 is 0 Å². The van der Waals surface area contributed by atoms with Crippen LogP contribution in [0.3, 0.4) is 0 Å². The first-order valence-corrected chi connectivity index (χ1v) is 1.80. The Balaban J connectivity index is 0.000000250. The Labute approximate surface area is 43.8 Å². The second kappa shape index (κ2) is 2.08. The first-order valence-electron chi connectivity index (χ1n) is 1.80. The molecule has 0 aromatic carbocycles. The van der Waals surface area contributed by atoms with E-state index in [1.165, 1.54) is 12.1 Å². The molecule has 0 spiro atoms. The van der Waals surface area contributed by atoms with E-state index in [1.54, 1.807) is 0 Å². The van der Waals surface area contributed by atoms with Crippen LogP contribution in [0.25, 0.3) is 0 Å². The molecule has 36 valence electrons. The Bertz CT molecular complexity index is 67.9. The van der Waals surface area contributed by atoms with E-state index in [0.29, 0.717) is 0 Å². The van der Waals surface area contributed by atoms with Gasteiger partial charge in [-0.25, -0.2) is 0 Å². The van der Waals surface area contributed by atoms with Gasteiger partial charge in [0.05, 0.1) is 0 Å². The lowest BCUT2D eigenvalue weighted by atomic mass is 10.8. The molecule has 0 aliphatic heterocycles. The van der Waals surface area contributed by atoms with Crippen LogP contribution in [0, 0.1) is 0 Å². The van der Waals surface area contributed by atoms with Gasteiger partial charge in [-0.2, -0.15) is 0 Å². The summed E-state index contributed by atoms with van der Waals surface area (Å²) in [5, 5.41) is 3.00. The number of rotatable bonds is 1. The van der Waals surface area contributed by atoms with Crippen LogP contribution in [0.15, 0.2) is 11.8 Å². The third kappa shape index (κ3) is 1.31. The molecular weight excluding hydrogens is 97.5 g/mol. The third-order valence-corrected chi connectivity index (χ3v) is 0.729. The van der Waals surface area contributed by atoms with Gasteiger partial charge in [-0.15, -0.1) is 12.4 Å². The van der Waals surface area contributed by atoms with Crippen molar-refractivity contribution >= 4 is 12.4 Å². The Morgan fingerprint density at radius 1 is 1.83 bits per heavy atom.